The zero-order valence-corrected chi connectivity index (χ0v) is 18.1. The van der Waals surface area contributed by atoms with Crippen LogP contribution in [0.4, 0.5) is 0 Å². The summed E-state index contributed by atoms with van der Waals surface area (Å²) in [5, 5.41) is 7.90. The van der Waals surface area contributed by atoms with Gasteiger partial charge in [0.15, 0.2) is 5.96 Å². The zero-order chi connectivity index (χ0) is 19.6. The van der Waals surface area contributed by atoms with Crippen LogP contribution in [0, 0.1) is 13.8 Å². The van der Waals surface area contributed by atoms with Crippen LogP contribution < -0.4 is 10.6 Å². The molecular weight excluding hydrogens is 354 g/mol. The van der Waals surface area contributed by atoms with E-state index in [0.29, 0.717) is 6.54 Å². The molecule has 1 aromatic heterocycles. The number of aliphatic imine (C=N–C) groups is 1. The molecular formula is C21H33N5S. The SMILES string of the molecule is CCNC(=NCc1ccccc1CN(CC)CC)NCc1sc(C)nc1C. The van der Waals surface area contributed by atoms with Gasteiger partial charge in [0.1, 0.15) is 0 Å². The van der Waals surface area contributed by atoms with Crippen molar-refractivity contribution in [3.63, 3.8) is 0 Å². The highest BCUT2D eigenvalue weighted by atomic mass is 32.1. The molecule has 2 rings (SSSR count). The van der Waals surface area contributed by atoms with Crippen molar-refractivity contribution in [3.8, 4) is 0 Å². The Kier molecular flexibility index (Phi) is 8.75. The molecule has 0 saturated heterocycles. The number of hydrogen-bond acceptors (Lipinski definition) is 4. The third-order valence-corrected chi connectivity index (χ3v) is 5.65. The largest absolute Gasteiger partial charge is 0.357 e. The lowest BCUT2D eigenvalue weighted by Gasteiger charge is -2.20. The van der Waals surface area contributed by atoms with E-state index in [-0.39, 0.29) is 0 Å². The van der Waals surface area contributed by atoms with E-state index in [0.717, 1.165) is 49.4 Å². The summed E-state index contributed by atoms with van der Waals surface area (Å²) >= 11 is 1.74. The predicted molar refractivity (Wildman–Crippen MR) is 116 cm³/mol. The van der Waals surface area contributed by atoms with Crippen molar-refractivity contribution in [2.45, 2.75) is 54.3 Å². The second-order valence-corrected chi connectivity index (χ2v) is 7.81. The molecule has 1 aromatic carbocycles. The maximum Gasteiger partial charge on any atom is 0.191 e. The van der Waals surface area contributed by atoms with Crippen LogP contribution in [0.1, 0.15) is 47.5 Å². The normalized spacial score (nSPS) is 11.9. The summed E-state index contributed by atoms with van der Waals surface area (Å²) in [6.45, 7) is 16.0. The number of hydrogen-bond donors (Lipinski definition) is 2. The Balaban J connectivity index is 2.06. The van der Waals surface area contributed by atoms with E-state index in [1.54, 1.807) is 11.3 Å². The molecule has 0 bridgehead atoms. The summed E-state index contributed by atoms with van der Waals surface area (Å²) in [6.07, 6.45) is 0. The predicted octanol–water partition coefficient (Wildman–Crippen LogP) is 3.86. The van der Waals surface area contributed by atoms with Gasteiger partial charge in [0, 0.05) is 18.0 Å². The van der Waals surface area contributed by atoms with Crippen molar-refractivity contribution in [1.29, 1.82) is 0 Å². The van der Waals surface area contributed by atoms with Gasteiger partial charge in [-0.05, 0) is 45.0 Å². The monoisotopic (exact) mass is 387 g/mol. The van der Waals surface area contributed by atoms with Crippen LogP contribution >= 0.6 is 11.3 Å². The summed E-state index contributed by atoms with van der Waals surface area (Å²) in [4.78, 5) is 13.0. The van der Waals surface area contributed by atoms with Gasteiger partial charge in [-0.15, -0.1) is 11.3 Å². The van der Waals surface area contributed by atoms with Crippen molar-refractivity contribution in [3.05, 3.63) is 51.0 Å². The first-order valence-corrected chi connectivity index (χ1v) is 10.6. The molecule has 0 unspecified atom stereocenters. The minimum absolute atomic E-state index is 0.674. The van der Waals surface area contributed by atoms with Crippen molar-refractivity contribution < 1.29 is 0 Å². The van der Waals surface area contributed by atoms with Crippen LogP contribution in [0.2, 0.25) is 0 Å². The first kappa shape index (κ1) is 21.4. The van der Waals surface area contributed by atoms with E-state index < -0.39 is 0 Å². The molecule has 0 amide bonds. The standard InChI is InChI=1S/C21H33N5S/c1-6-22-21(24-14-20-16(4)25-17(5)27-20)23-13-18-11-9-10-12-19(18)15-26(7-2)8-3/h9-12H,6-8,13-15H2,1-5H3,(H2,22,23,24). The fourth-order valence-electron chi connectivity index (χ4n) is 2.96. The molecule has 0 spiro atoms. The Labute approximate surface area is 167 Å². The number of nitrogens with one attached hydrogen (secondary N) is 2. The molecule has 2 N–H and O–H groups in total. The molecule has 0 saturated carbocycles. The van der Waals surface area contributed by atoms with Crippen LogP contribution in [0.25, 0.3) is 0 Å². The zero-order valence-electron chi connectivity index (χ0n) is 17.3. The molecule has 0 fully saturated rings. The highest BCUT2D eigenvalue weighted by Gasteiger charge is 2.08. The lowest BCUT2D eigenvalue weighted by molar-refractivity contribution is 0.295. The van der Waals surface area contributed by atoms with Crippen molar-refractivity contribution in [2.75, 3.05) is 19.6 Å². The highest BCUT2D eigenvalue weighted by molar-refractivity contribution is 7.11. The molecule has 148 valence electrons. The van der Waals surface area contributed by atoms with Gasteiger partial charge < -0.3 is 10.6 Å². The molecule has 0 aliphatic rings. The van der Waals surface area contributed by atoms with E-state index in [2.05, 4.69) is 72.5 Å². The molecule has 0 atom stereocenters. The number of guanidine groups is 1. The number of aromatic nitrogens is 1. The molecule has 2 aromatic rings. The van der Waals surface area contributed by atoms with Crippen LogP contribution in [0.3, 0.4) is 0 Å². The van der Waals surface area contributed by atoms with E-state index in [1.807, 2.05) is 6.92 Å². The van der Waals surface area contributed by atoms with Gasteiger partial charge in [0.25, 0.3) is 0 Å². The maximum absolute atomic E-state index is 4.81. The molecule has 0 radical (unpaired) electrons. The van der Waals surface area contributed by atoms with Gasteiger partial charge in [-0.2, -0.15) is 0 Å². The van der Waals surface area contributed by atoms with Gasteiger partial charge in [0.2, 0.25) is 0 Å². The van der Waals surface area contributed by atoms with E-state index >= 15 is 0 Å². The highest BCUT2D eigenvalue weighted by Crippen LogP contribution is 2.16. The number of nitrogens with zero attached hydrogens (tertiary/aromatic N) is 3. The second-order valence-electron chi connectivity index (χ2n) is 6.52. The molecule has 0 aliphatic heterocycles. The van der Waals surface area contributed by atoms with E-state index in [9.17, 15) is 0 Å². The smallest absolute Gasteiger partial charge is 0.191 e. The Morgan fingerprint density at radius 1 is 1.07 bits per heavy atom. The van der Waals surface area contributed by atoms with Gasteiger partial charge in [-0.1, -0.05) is 38.1 Å². The average molecular weight is 388 g/mol. The van der Waals surface area contributed by atoms with Gasteiger partial charge in [-0.25, -0.2) is 9.98 Å². The topological polar surface area (TPSA) is 52.6 Å². The molecule has 5 nitrogen and oxygen atoms in total. The lowest BCUT2D eigenvalue weighted by Crippen LogP contribution is -2.36. The molecule has 1 heterocycles. The van der Waals surface area contributed by atoms with E-state index in [1.165, 1.54) is 16.0 Å². The average Bonchev–Trinajstić information content (AvgIpc) is 3.00. The Hall–Kier alpha value is -1.92. The maximum atomic E-state index is 4.81. The van der Waals surface area contributed by atoms with Gasteiger partial charge >= 0.3 is 0 Å². The van der Waals surface area contributed by atoms with E-state index in [4.69, 9.17) is 4.99 Å². The summed E-state index contributed by atoms with van der Waals surface area (Å²) in [5.74, 6) is 0.848. The molecule has 6 heteroatoms. The molecule has 27 heavy (non-hydrogen) atoms. The minimum Gasteiger partial charge on any atom is -0.357 e. The fourth-order valence-corrected chi connectivity index (χ4v) is 3.84. The summed E-state index contributed by atoms with van der Waals surface area (Å²) in [7, 11) is 0. The Morgan fingerprint density at radius 3 is 2.37 bits per heavy atom. The van der Waals surface area contributed by atoms with Gasteiger partial charge in [0.05, 0.1) is 23.8 Å². The minimum atomic E-state index is 0.674. The van der Waals surface area contributed by atoms with Crippen LogP contribution in [0.5, 0.6) is 0 Å². The summed E-state index contributed by atoms with van der Waals surface area (Å²) in [5.41, 5.74) is 3.74. The van der Waals surface area contributed by atoms with Crippen molar-refractivity contribution in [1.82, 2.24) is 20.5 Å². The Morgan fingerprint density at radius 2 is 1.78 bits per heavy atom. The third kappa shape index (κ3) is 6.63. The number of benzene rings is 1. The van der Waals surface area contributed by atoms with Crippen LogP contribution in [0.15, 0.2) is 29.3 Å². The Bertz CT molecular complexity index is 734. The number of aryl methyl sites for hydroxylation is 2. The lowest BCUT2D eigenvalue weighted by atomic mass is 10.1. The summed E-state index contributed by atoms with van der Waals surface area (Å²) < 4.78 is 0. The second kappa shape index (κ2) is 11.0. The van der Waals surface area contributed by atoms with Crippen LogP contribution in [-0.2, 0) is 19.6 Å². The first-order valence-electron chi connectivity index (χ1n) is 9.81. The fraction of sp³-hybridized carbons (Fsp3) is 0.524. The quantitative estimate of drug-likeness (QED) is 0.507. The third-order valence-electron chi connectivity index (χ3n) is 4.57. The van der Waals surface area contributed by atoms with Gasteiger partial charge in [-0.3, -0.25) is 4.90 Å². The first-order chi connectivity index (χ1) is 13.1. The number of rotatable bonds is 9. The summed E-state index contributed by atoms with van der Waals surface area (Å²) in [6, 6.07) is 8.61. The van der Waals surface area contributed by atoms with Crippen molar-refractivity contribution >= 4 is 17.3 Å². The van der Waals surface area contributed by atoms with Crippen LogP contribution in [-0.4, -0.2) is 35.5 Å². The van der Waals surface area contributed by atoms with Crippen molar-refractivity contribution in [2.24, 2.45) is 4.99 Å². The molecule has 0 aliphatic carbocycles. The number of thiazole rings is 1.